The third-order valence-corrected chi connectivity index (χ3v) is 2.73. The lowest BCUT2D eigenvalue weighted by Gasteiger charge is -2.12. The lowest BCUT2D eigenvalue weighted by Crippen LogP contribution is -2.46. The van der Waals surface area contributed by atoms with Crippen LogP contribution < -0.4 is 10.6 Å². The highest BCUT2D eigenvalue weighted by molar-refractivity contribution is 5.82. The number of hydrogen-bond donors (Lipinski definition) is 3. The van der Waals surface area contributed by atoms with Gasteiger partial charge in [0.2, 0.25) is 0 Å². The molecule has 6 nitrogen and oxygen atoms in total. The number of aliphatic carboxylic acids is 1. The molecule has 2 amide bonds. The number of hydrogen-bond acceptors (Lipinski definition) is 3. The van der Waals surface area contributed by atoms with Crippen LogP contribution in [0, 0.1) is 18.3 Å². The monoisotopic (exact) mass is 268 g/mol. The SMILES string of the molecule is C#CCC(NC(=O)NCCCOCC1CC1)C(=O)O. The molecule has 1 rings (SSSR count). The second-order valence-corrected chi connectivity index (χ2v) is 4.57. The topological polar surface area (TPSA) is 87.7 Å². The van der Waals surface area contributed by atoms with E-state index in [1.165, 1.54) is 12.8 Å². The fraction of sp³-hybridized carbons (Fsp3) is 0.692. The Morgan fingerprint density at radius 3 is 2.79 bits per heavy atom. The standard InChI is InChI=1S/C13H20N2O4/c1-2-4-11(12(16)17)15-13(18)14-7-3-8-19-9-10-5-6-10/h1,10-11H,3-9H2,(H,16,17)(H2,14,15,18). The van der Waals surface area contributed by atoms with Crippen LogP contribution in [0.25, 0.3) is 0 Å². The summed E-state index contributed by atoms with van der Waals surface area (Å²) in [6, 6.07) is -1.57. The number of nitrogens with one attached hydrogen (secondary N) is 2. The molecule has 1 saturated carbocycles. The Hall–Kier alpha value is -1.74. The zero-order valence-corrected chi connectivity index (χ0v) is 10.9. The van der Waals surface area contributed by atoms with Crippen LogP contribution >= 0.6 is 0 Å². The molecule has 0 bridgehead atoms. The van der Waals surface area contributed by atoms with E-state index in [2.05, 4.69) is 16.6 Å². The van der Waals surface area contributed by atoms with Gasteiger partial charge in [-0.15, -0.1) is 12.3 Å². The van der Waals surface area contributed by atoms with E-state index in [4.69, 9.17) is 16.3 Å². The smallest absolute Gasteiger partial charge is 0.327 e. The average Bonchev–Trinajstić information content (AvgIpc) is 3.17. The fourth-order valence-corrected chi connectivity index (χ4v) is 1.44. The highest BCUT2D eigenvalue weighted by Crippen LogP contribution is 2.28. The number of terminal acetylenes is 1. The van der Waals surface area contributed by atoms with E-state index < -0.39 is 18.0 Å². The van der Waals surface area contributed by atoms with Gasteiger partial charge in [-0.3, -0.25) is 0 Å². The molecule has 0 heterocycles. The van der Waals surface area contributed by atoms with Crippen LogP contribution in [0.3, 0.4) is 0 Å². The number of carbonyl (C=O) groups is 2. The summed E-state index contributed by atoms with van der Waals surface area (Å²) in [7, 11) is 0. The third-order valence-electron chi connectivity index (χ3n) is 2.73. The molecular weight excluding hydrogens is 248 g/mol. The summed E-state index contributed by atoms with van der Waals surface area (Å²) in [5.41, 5.74) is 0. The van der Waals surface area contributed by atoms with Crippen molar-refractivity contribution in [3.05, 3.63) is 0 Å². The molecule has 0 saturated heterocycles. The van der Waals surface area contributed by atoms with Crippen molar-refractivity contribution >= 4 is 12.0 Å². The molecule has 0 radical (unpaired) electrons. The maximum absolute atomic E-state index is 11.4. The van der Waals surface area contributed by atoms with Gasteiger partial charge in [0.1, 0.15) is 6.04 Å². The van der Waals surface area contributed by atoms with Crippen molar-refractivity contribution in [2.45, 2.75) is 31.7 Å². The molecule has 3 N–H and O–H groups in total. The molecule has 1 fully saturated rings. The van der Waals surface area contributed by atoms with E-state index in [1.54, 1.807) is 0 Å². The molecular formula is C13H20N2O4. The van der Waals surface area contributed by atoms with Gasteiger partial charge >= 0.3 is 12.0 Å². The molecule has 0 spiro atoms. The number of carboxylic acids is 1. The predicted molar refractivity (Wildman–Crippen MR) is 69.6 cm³/mol. The van der Waals surface area contributed by atoms with Crippen molar-refractivity contribution in [2.75, 3.05) is 19.8 Å². The summed E-state index contributed by atoms with van der Waals surface area (Å²) in [5, 5.41) is 13.7. The minimum Gasteiger partial charge on any atom is -0.480 e. The van der Waals surface area contributed by atoms with Gasteiger partial charge in [-0.05, 0) is 25.2 Å². The van der Waals surface area contributed by atoms with Gasteiger partial charge < -0.3 is 20.5 Å². The molecule has 6 heteroatoms. The Morgan fingerprint density at radius 2 is 2.21 bits per heavy atom. The maximum Gasteiger partial charge on any atom is 0.327 e. The quantitative estimate of drug-likeness (QED) is 0.421. The van der Waals surface area contributed by atoms with Crippen molar-refractivity contribution in [1.82, 2.24) is 10.6 Å². The lowest BCUT2D eigenvalue weighted by atomic mass is 10.2. The molecule has 0 aromatic rings. The maximum atomic E-state index is 11.4. The summed E-state index contributed by atoms with van der Waals surface area (Å²) in [6.07, 6.45) is 8.21. The van der Waals surface area contributed by atoms with Gasteiger partial charge in [0.15, 0.2) is 0 Å². The minimum atomic E-state index is -1.14. The molecule has 1 aliphatic carbocycles. The number of amides is 2. The molecule has 0 aromatic carbocycles. The van der Waals surface area contributed by atoms with Crippen molar-refractivity contribution < 1.29 is 19.4 Å². The van der Waals surface area contributed by atoms with Gasteiger partial charge in [-0.1, -0.05) is 0 Å². The Bertz CT molecular complexity index is 347. The van der Waals surface area contributed by atoms with E-state index >= 15 is 0 Å². The third kappa shape index (κ3) is 7.32. The molecule has 0 aliphatic heterocycles. The second kappa shape index (κ2) is 8.38. The molecule has 106 valence electrons. The Labute approximate surface area is 112 Å². The largest absolute Gasteiger partial charge is 0.480 e. The van der Waals surface area contributed by atoms with Crippen LogP contribution in [0.1, 0.15) is 25.7 Å². The van der Waals surface area contributed by atoms with Crippen LogP contribution in [-0.4, -0.2) is 42.9 Å². The van der Waals surface area contributed by atoms with E-state index in [9.17, 15) is 9.59 Å². The first-order valence-electron chi connectivity index (χ1n) is 6.42. The normalized spacial score (nSPS) is 15.3. The highest BCUT2D eigenvalue weighted by atomic mass is 16.5. The Balaban J connectivity index is 2.02. The molecule has 0 aromatic heterocycles. The van der Waals surface area contributed by atoms with Crippen molar-refractivity contribution in [3.8, 4) is 12.3 Å². The number of ether oxygens (including phenoxy) is 1. The van der Waals surface area contributed by atoms with Crippen LogP contribution in [0.4, 0.5) is 4.79 Å². The summed E-state index contributed by atoms with van der Waals surface area (Å²) < 4.78 is 5.40. The average molecular weight is 268 g/mol. The first-order valence-corrected chi connectivity index (χ1v) is 6.42. The number of carboxylic acid groups (broad SMARTS) is 1. The minimum absolute atomic E-state index is 0.0345. The number of urea groups is 1. The predicted octanol–water partition coefficient (Wildman–Crippen LogP) is 0.579. The molecule has 1 atom stereocenters. The van der Waals surface area contributed by atoms with E-state index in [0.717, 1.165) is 12.5 Å². The van der Waals surface area contributed by atoms with Crippen LogP contribution in [0.5, 0.6) is 0 Å². The zero-order valence-electron chi connectivity index (χ0n) is 10.9. The zero-order chi connectivity index (χ0) is 14.1. The van der Waals surface area contributed by atoms with Gasteiger partial charge in [-0.25, -0.2) is 9.59 Å². The molecule has 1 unspecified atom stereocenters. The van der Waals surface area contributed by atoms with E-state index in [1.807, 2.05) is 0 Å². The van der Waals surface area contributed by atoms with Crippen molar-refractivity contribution in [2.24, 2.45) is 5.92 Å². The molecule has 1 aliphatic rings. The highest BCUT2D eigenvalue weighted by Gasteiger charge is 2.21. The Morgan fingerprint density at radius 1 is 1.47 bits per heavy atom. The Kier molecular flexibility index (Phi) is 6.75. The van der Waals surface area contributed by atoms with Crippen LogP contribution in [-0.2, 0) is 9.53 Å². The van der Waals surface area contributed by atoms with Gasteiger partial charge in [-0.2, -0.15) is 0 Å². The number of rotatable bonds is 9. The second-order valence-electron chi connectivity index (χ2n) is 4.57. The summed E-state index contributed by atoms with van der Waals surface area (Å²) in [6.45, 7) is 1.85. The van der Waals surface area contributed by atoms with E-state index in [-0.39, 0.29) is 6.42 Å². The number of carbonyl (C=O) groups excluding carboxylic acids is 1. The summed E-state index contributed by atoms with van der Waals surface area (Å²) in [5.74, 6) is 1.81. The first-order chi connectivity index (χ1) is 9.13. The van der Waals surface area contributed by atoms with Gasteiger partial charge in [0.25, 0.3) is 0 Å². The van der Waals surface area contributed by atoms with Gasteiger partial charge in [0.05, 0.1) is 0 Å². The fourth-order valence-electron chi connectivity index (χ4n) is 1.44. The van der Waals surface area contributed by atoms with Crippen molar-refractivity contribution in [1.29, 1.82) is 0 Å². The van der Waals surface area contributed by atoms with Crippen LogP contribution in [0.15, 0.2) is 0 Å². The van der Waals surface area contributed by atoms with Gasteiger partial charge in [0, 0.05) is 26.2 Å². The lowest BCUT2D eigenvalue weighted by molar-refractivity contribution is -0.139. The van der Waals surface area contributed by atoms with Crippen LogP contribution in [0.2, 0.25) is 0 Å². The first kappa shape index (κ1) is 15.3. The van der Waals surface area contributed by atoms with E-state index in [0.29, 0.717) is 19.6 Å². The summed E-state index contributed by atoms with van der Waals surface area (Å²) in [4.78, 5) is 22.1. The summed E-state index contributed by atoms with van der Waals surface area (Å²) >= 11 is 0. The molecule has 19 heavy (non-hydrogen) atoms. The van der Waals surface area contributed by atoms with Crippen molar-refractivity contribution in [3.63, 3.8) is 0 Å².